The summed E-state index contributed by atoms with van der Waals surface area (Å²) < 4.78 is 0. The fraction of sp³-hybridized carbons (Fsp3) is 0.692. The summed E-state index contributed by atoms with van der Waals surface area (Å²) in [6.07, 6.45) is 6.52. The van der Waals surface area contributed by atoms with E-state index in [9.17, 15) is 9.59 Å². The van der Waals surface area contributed by atoms with Gasteiger partial charge in [0, 0.05) is 26.6 Å². The fourth-order valence-corrected chi connectivity index (χ4v) is 1.68. The van der Waals surface area contributed by atoms with Gasteiger partial charge in [-0.05, 0) is 26.0 Å². The van der Waals surface area contributed by atoms with Crippen molar-refractivity contribution in [1.29, 1.82) is 0 Å². The lowest BCUT2D eigenvalue weighted by atomic mass is 10.2. The Labute approximate surface area is 104 Å². The number of nitrogens with zero attached hydrogens (tertiary/aromatic N) is 2. The van der Waals surface area contributed by atoms with Gasteiger partial charge >= 0.3 is 0 Å². The van der Waals surface area contributed by atoms with Gasteiger partial charge in [0.2, 0.25) is 12.3 Å². The van der Waals surface area contributed by atoms with Gasteiger partial charge in [-0.25, -0.2) is 0 Å². The van der Waals surface area contributed by atoms with Crippen LogP contribution in [0.15, 0.2) is 12.8 Å². The van der Waals surface area contributed by atoms with Crippen molar-refractivity contribution in [3.05, 3.63) is 12.8 Å². The number of amides is 2. The first-order valence-corrected chi connectivity index (χ1v) is 6.24. The van der Waals surface area contributed by atoms with Crippen LogP contribution < -0.4 is 0 Å². The van der Waals surface area contributed by atoms with E-state index in [1.807, 2.05) is 11.8 Å². The van der Waals surface area contributed by atoms with E-state index >= 15 is 0 Å². The largest absolute Gasteiger partial charge is 0.343 e. The van der Waals surface area contributed by atoms with E-state index in [0.29, 0.717) is 0 Å². The predicted octanol–water partition coefficient (Wildman–Crippen LogP) is 2.02. The quantitative estimate of drug-likeness (QED) is 0.433. The average molecular weight is 240 g/mol. The second-order valence-electron chi connectivity index (χ2n) is 4.04. The van der Waals surface area contributed by atoms with Gasteiger partial charge in [0.25, 0.3) is 0 Å². The molecule has 0 N–H and O–H groups in total. The van der Waals surface area contributed by atoms with Gasteiger partial charge in [-0.3, -0.25) is 9.59 Å². The Morgan fingerprint density at radius 3 is 2.18 bits per heavy atom. The Hall–Kier alpha value is -1.32. The molecule has 98 valence electrons. The van der Waals surface area contributed by atoms with Crippen molar-refractivity contribution in [2.24, 2.45) is 0 Å². The van der Waals surface area contributed by atoms with Crippen LogP contribution in [0.3, 0.4) is 0 Å². The molecule has 0 radical (unpaired) electrons. The normalized spacial score (nSPS) is 9.76. The third-order valence-corrected chi connectivity index (χ3v) is 2.79. The van der Waals surface area contributed by atoms with Crippen LogP contribution >= 0.6 is 0 Å². The van der Waals surface area contributed by atoms with E-state index in [-0.39, 0.29) is 5.91 Å². The molecule has 4 heteroatoms. The number of carbonyl (C=O) groups is 2. The lowest BCUT2D eigenvalue weighted by molar-refractivity contribution is -0.128. The van der Waals surface area contributed by atoms with E-state index in [2.05, 4.69) is 6.58 Å². The maximum atomic E-state index is 11.1. The summed E-state index contributed by atoms with van der Waals surface area (Å²) in [6.45, 7) is 9.51. The maximum Gasteiger partial charge on any atom is 0.219 e. The molecule has 0 heterocycles. The van der Waals surface area contributed by atoms with E-state index in [0.717, 1.165) is 51.7 Å². The zero-order chi connectivity index (χ0) is 13.1. The number of hydrogen-bond donors (Lipinski definition) is 0. The molecular formula is C13H24N2O2. The second kappa shape index (κ2) is 9.87. The molecule has 0 aliphatic heterocycles. The second-order valence-corrected chi connectivity index (χ2v) is 4.04. The molecule has 0 aliphatic rings. The van der Waals surface area contributed by atoms with Gasteiger partial charge < -0.3 is 9.80 Å². The first-order valence-electron chi connectivity index (χ1n) is 6.24. The van der Waals surface area contributed by atoms with Crippen LogP contribution in [0.1, 0.15) is 39.5 Å². The summed E-state index contributed by atoms with van der Waals surface area (Å²) >= 11 is 0. The maximum absolute atomic E-state index is 11.1. The van der Waals surface area contributed by atoms with Crippen LogP contribution in [0, 0.1) is 0 Å². The van der Waals surface area contributed by atoms with Gasteiger partial charge in [-0.1, -0.05) is 19.4 Å². The lowest BCUT2D eigenvalue weighted by Gasteiger charge is -2.18. The van der Waals surface area contributed by atoms with E-state index in [1.54, 1.807) is 18.0 Å². The van der Waals surface area contributed by atoms with Crippen molar-refractivity contribution in [3.63, 3.8) is 0 Å². The van der Waals surface area contributed by atoms with Crippen LogP contribution in [-0.2, 0) is 9.59 Å². The minimum atomic E-state index is 0.145. The van der Waals surface area contributed by atoms with Crippen molar-refractivity contribution >= 4 is 12.3 Å². The molecule has 2 amide bonds. The highest BCUT2D eigenvalue weighted by molar-refractivity contribution is 5.73. The molecule has 0 aromatic heterocycles. The summed E-state index contributed by atoms with van der Waals surface area (Å²) in [6, 6.07) is 0. The van der Waals surface area contributed by atoms with Crippen molar-refractivity contribution in [1.82, 2.24) is 9.80 Å². The minimum absolute atomic E-state index is 0.145. The Morgan fingerprint density at radius 1 is 1.18 bits per heavy atom. The molecule has 17 heavy (non-hydrogen) atoms. The number of rotatable bonds is 10. The van der Waals surface area contributed by atoms with Gasteiger partial charge in [-0.15, -0.1) is 0 Å². The number of unbranched alkanes of at least 4 members (excludes halogenated alkanes) is 3. The molecule has 4 nitrogen and oxygen atoms in total. The lowest BCUT2D eigenvalue weighted by Crippen LogP contribution is -2.29. The smallest absolute Gasteiger partial charge is 0.219 e. The van der Waals surface area contributed by atoms with Gasteiger partial charge in [0.05, 0.1) is 0 Å². The van der Waals surface area contributed by atoms with Crippen LogP contribution in [0.4, 0.5) is 0 Å². The summed E-state index contributed by atoms with van der Waals surface area (Å²) in [5.41, 5.74) is 0. The van der Waals surface area contributed by atoms with Gasteiger partial charge in [0.1, 0.15) is 0 Å². The molecule has 0 saturated carbocycles. The van der Waals surface area contributed by atoms with Crippen LogP contribution in [0.25, 0.3) is 0 Å². The van der Waals surface area contributed by atoms with Crippen molar-refractivity contribution in [3.8, 4) is 0 Å². The van der Waals surface area contributed by atoms with Crippen LogP contribution in [-0.4, -0.2) is 41.8 Å². The molecule has 0 rings (SSSR count). The standard InChI is InChI=1S/C13H24N2O2/c1-4-14(12-16)10-8-6-7-9-11-15(5-2)13(3)17/h4,12H,1,5-11H2,2-3H3. The van der Waals surface area contributed by atoms with Crippen molar-refractivity contribution in [2.75, 3.05) is 19.6 Å². The Bertz CT molecular complexity index is 234. The summed E-state index contributed by atoms with van der Waals surface area (Å²) in [4.78, 5) is 25.0. The minimum Gasteiger partial charge on any atom is -0.343 e. The first kappa shape index (κ1) is 15.7. The molecule has 0 bridgehead atoms. The molecule has 0 unspecified atom stereocenters. The third kappa shape index (κ3) is 7.55. The summed E-state index contributed by atoms with van der Waals surface area (Å²) in [5.74, 6) is 0.145. The SMILES string of the molecule is C=CN(C=O)CCCCCCN(CC)C(C)=O. The van der Waals surface area contributed by atoms with Gasteiger partial charge in [0.15, 0.2) is 0 Å². The molecule has 0 aromatic carbocycles. The van der Waals surface area contributed by atoms with Crippen LogP contribution in [0.2, 0.25) is 0 Å². The predicted molar refractivity (Wildman–Crippen MR) is 69.4 cm³/mol. The van der Waals surface area contributed by atoms with Gasteiger partial charge in [-0.2, -0.15) is 0 Å². The average Bonchev–Trinajstić information content (AvgIpc) is 2.32. The molecule has 0 spiro atoms. The Morgan fingerprint density at radius 2 is 1.76 bits per heavy atom. The van der Waals surface area contributed by atoms with E-state index in [4.69, 9.17) is 0 Å². The zero-order valence-corrected chi connectivity index (χ0v) is 11.0. The number of carbonyl (C=O) groups excluding carboxylic acids is 2. The highest BCUT2D eigenvalue weighted by atomic mass is 16.2. The highest BCUT2D eigenvalue weighted by Crippen LogP contribution is 2.03. The summed E-state index contributed by atoms with van der Waals surface area (Å²) in [7, 11) is 0. The van der Waals surface area contributed by atoms with Crippen molar-refractivity contribution in [2.45, 2.75) is 39.5 Å². The number of hydrogen-bond acceptors (Lipinski definition) is 2. The van der Waals surface area contributed by atoms with E-state index in [1.165, 1.54) is 0 Å². The summed E-state index contributed by atoms with van der Waals surface area (Å²) in [5, 5.41) is 0. The van der Waals surface area contributed by atoms with Crippen molar-refractivity contribution < 1.29 is 9.59 Å². The highest BCUT2D eigenvalue weighted by Gasteiger charge is 2.04. The van der Waals surface area contributed by atoms with Crippen LogP contribution in [0.5, 0.6) is 0 Å². The monoisotopic (exact) mass is 240 g/mol. The fourth-order valence-electron chi connectivity index (χ4n) is 1.68. The Kier molecular flexibility index (Phi) is 9.11. The molecule has 0 atom stereocenters. The first-order chi connectivity index (χ1) is 8.15. The zero-order valence-electron chi connectivity index (χ0n) is 11.0. The molecule has 0 aromatic rings. The molecule has 0 saturated heterocycles. The molecular weight excluding hydrogens is 216 g/mol. The topological polar surface area (TPSA) is 40.6 Å². The molecule has 0 fully saturated rings. The third-order valence-electron chi connectivity index (χ3n) is 2.79. The Balaban J connectivity index is 3.48. The van der Waals surface area contributed by atoms with E-state index < -0.39 is 0 Å². The molecule has 0 aliphatic carbocycles.